The Kier molecular flexibility index (Phi) is 6.65. The molecular formula is C24H32N4O2. The van der Waals surface area contributed by atoms with Crippen LogP contribution in [0, 0.1) is 6.92 Å². The van der Waals surface area contributed by atoms with Crippen LogP contribution in [0.15, 0.2) is 36.4 Å². The Morgan fingerprint density at radius 2 is 1.97 bits per heavy atom. The molecule has 6 nitrogen and oxygen atoms in total. The molecule has 0 bridgehead atoms. The van der Waals surface area contributed by atoms with E-state index in [2.05, 4.69) is 41.2 Å². The van der Waals surface area contributed by atoms with E-state index in [1.807, 2.05) is 24.3 Å². The molecule has 0 radical (unpaired) electrons. The van der Waals surface area contributed by atoms with Gasteiger partial charge in [0.25, 0.3) is 5.91 Å². The van der Waals surface area contributed by atoms with E-state index in [9.17, 15) is 4.79 Å². The third kappa shape index (κ3) is 4.65. The molecule has 0 spiro atoms. The van der Waals surface area contributed by atoms with Gasteiger partial charge in [-0.25, -0.2) is 4.98 Å². The van der Waals surface area contributed by atoms with Crippen molar-refractivity contribution in [2.24, 2.45) is 0 Å². The van der Waals surface area contributed by atoms with Crippen LogP contribution in [0.5, 0.6) is 0 Å². The number of hydrogen-bond acceptors (Lipinski definition) is 5. The fraction of sp³-hybridized carbons (Fsp3) is 0.500. The summed E-state index contributed by atoms with van der Waals surface area (Å²) in [5, 5.41) is 3.13. The second-order valence-corrected chi connectivity index (χ2v) is 8.30. The molecule has 0 saturated carbocycles. The summed E-state index contributed by atoms with van der Waals surface area (Å²) in [7, 11) is 2.17. The number of nitrogens with one attached hydrogen (secondary N) is 1. The summed E-state index contributed by atoms with van der Waals surface area (Å²) in [6.45, 7) is 6.75. The maximum Gasteiger partial charge on any atom is 0.255 e. The van der Waals surface area contributed by atoms with Crippen LogP contribution in [0.25, 0.3) is 11.3 Å². The van der Waals surface area contributed by atoms with Gasteiger partial charge >= 0.3 is 0 Å². The molecule has 0 aliphatic carbocycles. The number of ether oxygens (including phenoxy) is 1. The molecule has 4 rings (SSSR count). The van der Waals surface area contributed by atoms with Crippen molar-refractivity contribution < 1.29 is 9.53 Å². The summed E-state index contributed by atoms with van der Waals surface area (Å²) in [6, 6.07) is 12.7. The maximum atomic E-state index is 13.1. The molecule has 1 aromatic heterocycles. The highest BCUT2D eigenvalue weighted by atomic mass is 16.5. The zero-order valence-corrected chi connectivity index (χ0v) is 18.1. The normalized spacial score (nSPS) is 19.8. The number of aromatic nitrogens is 1. The van der Waals surface area contributed by atoms with E-state index in [0.717, 1.165) is 43.1 Å². The average molecular weight is 409 g/mol. The number of benzene rings is 1. The molecule has 1 amide bonds. The molecule has 30 heavy (non-hydrogen) atoms. The average Bonchev–Trinajstić information content (AvgIpc) is 3.19. The molecule has 2 saturated heterocycles. The highest BCUT2D eigenvalue weighted by molar-refractivity contribution is 5.99. The summed E-state index contributed by atoms with van der Waals surface area (Å²) < 4.78 is 5.51. The number of rotatable bonds is 6. The lowest BCUT2D eigenvalue weighted by Gasteiger charge is -2.29. The first-order valence-corrected chi connectivity index (χ1v) is 11.0. The number of aryl methyl sites for hydroxylation is 1. The van der Waals surface area contributed by atoms with Gasteiger partial charge in [-0.05, 0) is 57.5 Å². The fourth-order valence-corrected chi connectivity index (χ4v) is 4.44. The molecule has 2 aromatic rings. The van der Waals surface area contributed by atoms with Crippen LogP contribution in [0.1, 0.15) is 35.2 Å². The smallest absolute Gasteiger partial charge is 0.255 e. The van der Waals surface area contributed by atoms with Crippen molar-refractivity contribution in [2.45, 2.75) is 32.2 Å². The minimum absolute atomic E-state index is 0.0408. The van der Waals surface area contributed by atoms with Crippen LogP contribution in [0.4, 0.5) is 5.82 Å². The lowest BCUT2D eigenvalue weighted by Crippen LogP contribution is -2.39. The number of carbonyl (C=O) groups is 1. The van der Waals surface area contributed by atoms with E-state index in [-0.39, 0.29) is 5.91 Å². The van der Waals surface area contributed by atoms with Gasteiger partial charge in [0.2, 0.25) is 0 Å². The second-order valence-electron chi connectivity index (χ2n) is 8.30. The highest BCUT2D eigenvalue weighted by Crippen LogP contribution is 2.27. The van der Waals surface area contributed by atoms with Crippen LogP contribution >= 0.6 is 0 Å². The van der Waals surface area contributed by atoms with Gasteiger partial charge in [0.1, 0.15) is 5.82 Å². The number of hydrogen-bond donors (Lipinski definition) is 1. The first kappa shape index (κ1) is 20.8. The number of amides is 1. The Labute approximate surface area is 179 Å². The van der Waals surface area contributed by atoms with Crippen molar-refractivity contribution >= 4 is 11.7 Å². The van der Waals surface area contributed by atoms with Crippen LogP contribution in [0.2, 0.25) is 0 Å². The van der Waals surface area contributed by atoms with E-state index < -0.39 is 0 Å². The minimum Gasteiger partial charge on any atom is -0.378 e. The SMILES string of the molecule is Cc1ccccc1-c1ccc(C(=O)NCCC2CCCN2C)c(N2CCOCC2)n1. The molecule has 3 heterocycles. The molecule has 2 aliphatic heterocycles. The van der Waals surface area contributed by atoms with Gasteiger partial charge in [-0.1, -0.05) is 24.3 Å². The first-order chi connectivity index (χ1) is 14.6. The van der Waals surface area contributed by atoms with Crippen molar-refractivity contribution in [1.82, 2.24) is 15.2 Å². The van der Waals surface area contributed by atoms with E-state index in [0.29, 0.717) is 31.4 Å². The zero-order valence-electron chi connectivity index (χ0n) is 18.1. The third-order valence-electron chi connectivity index (χ3n) is 6.29. The second kappa shape index (κ2) is 9.58. The van der Waals surface area contributed by atoms with Gasteiger partial charge in [0.15, 0.2) is 0 Å². The molecule has 6 heteroatoms. The Morgan fingerprint density at radius 3 is 2.70 bits per heavy atom. The topological polar surface area (TPSA) is 57.7 Å². The quantitative estimate of drug-likeness (QED) is 0.796. The van der Waals surface area contributed by atoms with Gasteiger partial charge in [-0.15, -0.1) is 0 Å². The summed E-state index contributed by atoms with van der Waals surface area (Å²) >= 11 is 0. The van der Waals surface area contributed by atoms with E-state index in [1.165, 1.54) is 18.4 Å². The monoisotopic (exact) mass is 408 g/mol. The maximum absolute atomic E-state index is 13.1. The predicted molar refractivity (Wildman–Crippen MR) is 120 cm³/mol. The Morgan fingerprint density at radius 1 is 1.17 bits per heavy atom. The summed E-state index contributed by atoms with van der Waals surface area (Å²) in [4.78, 5) is 22.6. The van der Waals surface area contributed by atoms with Crippen molar-refractivity contribution in [3.05, 3.63) is 47.5 Å². The highest BCUT2D eigenvalue weighted by Gasteiger charge is 2.23. The number of anilines is 1. The van der Waals surface area contributed by atoms with Crippen LogP contribution in [-0.4, -0.2) is 68.3 Å². The van der Waals surface area contributed by atoms with Crippen molar-refractivity contribution in [2.75, 3.05) is 51.3 Å². The molecule has 1 N–H and O–H groups in total. The minimum atomic E-state index is -0.0408. The molecule has 1 unspecified atom stereocenters. The third-order valence-corrected chi connectivity index (χ3v) is 6.29. The van der Waals surface area contributed by atoms with Crippen molar-refractivity contribution in [3.63, 3.8) is 0 Å². The van der Waals surface area contributed by atoms with E-state index in [4.69, 9.17) is 9.72 Å². The number of pyridine rings is 1. The summed E-state index contributed by atoms with van der Waals surface area (Å²) in [6.07, 6.45) is 3.46. The predicted octanol–water partition coefficient (Wildman–Crippen LogP) is 3.11. The molecule has 1 atom stereocenters. The number of morpholine rings is 1. The molecule has 1 aromatic carbocycles. The Bertz CT molecular complexity index is 879. The number of likely N-dealkylation sites (tertiary alicyclic amines) is 1. The van der Waals surface area contributed by atoms with Gasteiger partial charge in [0.05, 0.1) is 24.5 Å². The van der Waals surface area contributed by atoms with Crippen LogP contribution in [-0.2, 0) is 4.74 Å². The van der Waals surface area contributed by atoms with Crippen LogP contribution in [0.3, 0.4) is 0 Å². The standard InChI is InChI=1S/C24H32N4O2/c1-18-6-3-4-8-20(18)22-10-9-21(23(26-22)28-14-16-30-17-15-28)24(29)25-12-11-19-7-5-13-27(19)2/h3-4,6,8-10,19H,5,7,11-17H2,1-2H3,(H,25,29). The van der Waals surface area contributed by atoms with Crippen molar-refractivity contribution in [3.8, 4) is 11.3 Å². The van der Waals surface area contributed by atoms with Gasteiger partial charge in [-0.2, -0.15) is 0 Å². The molecule has 160 valence electrons. The largest absolute Gasteiger partial charge is 0.378 e. The zero-order chi connectivity index (χ0) is 20.9. The Balaban J connectivity index is 1.54. The molecular weight excluding hydrogens is 376 g/mol. The number of nitrogens with zero attached hydrogens (tertiary/aromatic N) is 3. The van der Waals surface area contributed by atoms with Crippen molar-refractivity contribution in [1.29, 1.82) is 0 Å². The van der Waals surface area contributed by atoms with E-state index in [1.54, 1.807) is 0 Å². The molecule has 2 fully saturated rings. The lowest BCUT2D eigenvalue weighted by atomic mass is 10.0. The molecule has 2 aliphatic rings. The first-order valence-electron chi connectivity index (χ1n) is 11.0. The fourth-order valence-electron chi connectivity index (χ4n) is 4.44. The van der Waals surface area contributed by atoms with Gasteiger partial charge in [0, 0.05) is 31.2 Å². The number of carbonyl (C=O) groups excluding carboxylic acids is 1. The van der Waals surface area contributed by atoms with Gasteiger partial charge in [-0.3, -0.25) is 4.79 Å². The Hall–Kier alpha value is -2.44. The lowest BCUT2D eigenvalue weighted by molar-refractivity contribution is 0.0948. The summed E-state index contributed by atoms with van der Waals surface area (Å²) in [5.41, 5.74) is 3.83. The van der Waals surface area contributed by atoms with Crippen LogP contribution < -0.4 is 10.2 Å². The summed E-state index contributed by atoms with van der Waals surface area (Å²) in [5.74, 6) is 0.718. The van der Waals surface area contributed by atoms with Gasteiger partial charge < -0.3 is 19.9 Å². The van der Waals surface area contributed by atoms with E-state index >= 15 is 0 Å².